The molecule has 5 heteroatoms. The van der Waals surface area contributed by atoms with Crippen molar-refractivity contribution in [2.24, 2.45) is 0 Å². The SMILES string of the molecule is C[C@@H]1C[C@@H](NC(=O)Nc2ccccc2N2CCCCC2)CCN1C. The molecule has 3 rings (SSSR count). The quantitative estimate of drug-likeness (QED) is 0.894. The van der Waals surface area contributed by atoms with Gasteiger partial charge >= 0.3 is 6.03 Å². The molecule has 2 atom stereocenters. The van der Waals surface area contributed by atoms with Crippen LogP contribution in [-0.4, -0.2) is 49.7 Å². The maximum Gasteiger partial charge on any atom is 0.319 e. The van der Waals surface area contributed by atoms with Crippen LogP contribution in [0.2, 0.25) is 0 Å². The summed E-state index contributed by atoms with van der Waals surface area (Å²) in [5, 5.41) is 6.23. The van der Waals surface area contributed by atoms with E-state index in [0.717, 1.165) is 43.9 Å². The Morgan fingerprint density at radius 2 is 1.88 bits per heavy atom. The molecule has 0 saturated carbocycles. The number of likely N-dealkylation sites (tertiary alicyclic amines) is 1. The molecule has 2 amide bonds. The Balaban J connectivity index is 1.60. The lowest BCUT2D eigenvalue weighted by atomic mass is 9.99. The van der Waals surface area contributed by atoms with E-state index in [4.69, 9.17) is 0 Å². The second-order valence-corrected chi connectivity index (χ2v) is 7.21. The predicted molar refractivity (Wildman–Crippen MR) is 99.8 cm³/mol. The molecule has 0 radical (unpaired) electrons. The fraction of sp³-hybridized carbons (Fsp3) is 0.632. The van der Waals surface area contributed by atoms with Gasteiger partial charge in [-0.3, -0.25) is 0 Å². The minimum absolute atomic E-state index is 0.0822. The molecule has 2 saturated heterocycles. The summed E-state index contributed by atoms with van der Waals surface area (Å²) >= 11 is 0. The van der Waals surface area contributed by atoms with E-state index in [1.54, 1.807) is 0 Å². The number of benzene rings is 1. The number of rotatable bonds is 3. The summed E-state index contributed by atoms with van der Waals surface area (Å²) in [4.78, 5) is 17.2. The van der Waals surface area contributed by atoms with E-state index in [-0.39, 0.29) is 12.1 Å². The number of hydrogen-bond acceptors (Lipinski definition) is 3. The number of nitrogens with zero attached hydrogens (tertiary/aromatic N) is 2. The van der Waals surface area contributed by atoms with E-state index in [1.165, 1.54) is 19.3 Å². The molecule has 2 aliphatic heterocycles. The van der Waals surface area contributed by atoms with Crippen molar-refractivity contribution in [2.75, 3.05) is 36.9 Å². The van der Waals surface area contributed by atoms with Crippen molar-refractivity contribution in [3.8, 4) is 0 Å². The minimum atomic E-state index is -0.0822. The molecule has 0 bridgehead atoms. The number of piperidine rings is 2. The van der Waals surface area contributed by atoms with E-state index in [2.05, 4.69) is 40.5 Å². The summed E-state index contributed by atoms with van der Waals surface area (Å²) in [6.45, 7) is 5.41. The van der Waals surface area contributed by atoms with Gasteiger partial charge in [0, 0.05) is 31.7 Å². The summed E-state index contributed by atoms with van der Waals surface area (Å²) in [6, 6.07) is 8.84. The predicted octanol–water partition coefficient (Wildman–Crippen LogP) is 3.28. The Labute approximate surface area is 145 Å². The summed E-state index contributed by atoms with van der Waals surface area (Å²) in [6.07, 6.45) is 5.79. The van der Waals surface area contributed by atoms with Gasteiger partial charge in [-0.2, -0.15) is 0 Å². The van der Waals surface area contributed by atoms with Gasteiger partial charge in [0.05, 0.1) is 11.4 Å². The molecule has 2 heterocycles. The second-order valence-electron chi connectivity index (χ2n) is 7.21. The first-order chi connectivity index (χ1) is 11.6. The first-order valence-corrected chi connectivity index (χ1v) is 9.25. The highest BCUT2D eigenvalue weighted by molar-refractivity contribution is 5.93. The molecule has 24 heavy (non-hydrogen) atoms. The van der Waals surface area contributed by atoms with Crippen LogP contribution in [0, 0.1) is 0 Å². The van der Waals surface area contributed by atoms with Crippen molar-refractivity contribution >= 4 is 17.4 Å². The van der Waals surface area contributed by atoms with Gasteiger partial charge in [0.25, 0.3) is 0 Å². The molecular weight excluding hydrogens is 300 g/mol. The third kappa shape index (κ3) is 4.20. The number of urea groups is 1. The molecule has 0 unspecified atom stereocenters. The van der Waals surface area contributed by atoms with Gasteiger partial charge in [0.1, 0.15) is 0 Å². The topological polar surface area (TPSA) is 47.6 Å². The van der Waals surface area contributed by atoms with Crippen LogP contribution in [0.25, 0.3) is 0 Å². The standard InChI is InChI=1S/C19H30N4O/c1-15-14-16(10-13-22(15)2)20-19(24)21-17-8-4-5-9-18(17)23-11-6-3-7-12-23/h4-5,8-9,15-16H,3,6-7,10-14H2,1-2H3,(H2,20,21,24)/t15-,16+/m1/s1. The lowest BCUT2D eigenvalue weighted by Crippen LogP contribution is -2.48. The van der Waals surface area contributed by atoms with Crippen LogP contribution in [0.1, 0.15) is 39.0 Å². The lowest BCUT2D eigenvalue weighted by Gasteiger charge is -2.35. The lowest BCUT2D eigenvalue weighted by molar-refractivity contribution is 0.170. The van der Waals surface area contributed by atoms with Gasteiger partial charge < -0.3 is 20.4 Å². The molecule has 2 fully saturated rings. The normalized spacial score (nSPS) is 25.3. The molecule has 2 aliphatic rings. The second kappa shape index (κ2) is 7.88. The fourth-order valence-corrected chi connectivity index (χ4v) is 3.75. The van der Waals surface area contributed by atoms with Crippen molar-refractivity contribution in [1.29, 1.82) is 0 Å². The number of carbonyl (C=O) groups is 1. The number of amides is 2. The first kappa shape index (κ1) is 17.1. The first-order valence-electron chi connectivity index (χ1n) is 9.25. The Bertz CT molecular complexity index is 556. The molecule has 1 aromatic rings. The Hall–Kier alpha value is -1.75. The number of anilines is 2. The van der Waals surface area contributed by atoms with E-state index in [1.807, 2.05) is 18.2 Å². The average molecular weight is 330 g/mol. The van der Waals surface area contributed by atoms with Gasteiger partial charge in [0.2, 0.25) is 0 Å². The van der Waals surface area contributed by atoms with Gasteiger partial charge in [0.15, 0.2) is 0 Å². The number of nitrogens with one attached hydrogen (secondary N) is 2. The Morgan fingerprint density at radius 3 is 2.62 bits per heavy atom. The molecule has 0 aliphatic carbocycles. The smallest absolute Gasteiger partial charge is 0.319 e. The number of hydrogen-bond donors (Lipinski definition) is 2. The summed E-state index contributed by atoms with van der Waals surface area (Å²) in [5.74, 6) is 0. The van der Waals surface area contributed by atoms with Crippen LogP contribution in [0.4, 0.5) is 16.2 Å². The van der Waals surface area contributed by atoms with Gasteiger partial charge in [-0.15, -0.1) is 0 Å². The molecule has 2 N–H and O–H groups in total. The Kier molecular flexibility index (Phi) is 5.61. The fourth-order valence-electron chi connectivity index (χ4n) is 3.75. The van der Waals surface area contributed by atoms with Crippen molar-refractivity contribution in [2.45, 2.75) is 51.1 Å². The summed E-state index contributed by atoms with van der Waals surface area (Å²) in [7, 11) is 2.15. The minimum Gasteiger partial charge on any atom is -0.370 e. The molecular formula is C19H30N4O. The zero-order valence-corrected chi connectivity index (χ0v) is 14.9. The zero-order chi connectivity index (χ0) is 16.9. The van der Waals surface area contributed by atoms with Crippen LogP contribution < -0.4 is 15.5 Å². The Morgan fingerprint density at radius 1 is 1.12 bits per heavy atom. The van der Waals surface area contributed by atoms with E-state index < -0.39 is 0 Å². The summed E-state index contributed by atoms with van der Waals surface area (Å²) < 4.78 is 0. The van der Waals surface area contributed by atoms with Gasteiger partial charge in [-0.05, 0) is 58.2 Å². The van der Waals surface area contributed by atoms with Crippen molar-refractivity contribution < 1.29 is 4.79 Å². The van der Waals surface area contributed by atoms with E-state index in [9.17, 15) is 4.79 Å². The highest BCUT2D eigenvalue weighted by Gasteiger charge is 2.24. The van der Waals surface area contributed by atoms with Crippen molar-refractivity contribution in [3.63, 3.8) is 0 Å². The van der Waals surface area contributed by atoms with Gasteiger partial charge in [-0.25, -0.2) is 4.79 Å². The maximum atomic E-state index is 12.4. The number of carbonyl (C=O) groups excluding carboxylic acids is 1. The van der Waals surface area contributed by atoms with E-state index in [0.29, 0.717) is 6.04 Å². The van der Waals surface area contributed by atoms with Crippen molar-refractivity contribution in [1.82, 2.24) is 10.2 Å². The highest BCUT2D eigenvalue weighted by atomic mass is 16.2. The molecule has 0 spiro atoms. The maximum absolute atomic E-state index is 12.4. The van der Waals surface area contributed by atoms with Crippen LogP contribution in [-0.2, 0) is 0 Å². The van der Waals surface area contributed by atoms with Crippen LogP contribution in [0.5, 0.6) is 0 Å². The van der Waals surface area contributed by atoms with Crippen LogP contribution >= 0.6 is 0 Å². The monoisotopic (exact) mass is 330 g/mol. The molecule has 132 valence electrons. The third-order valence-electron chi connectivity index (χ3n) is 5.39. The number of para-hydroxylation sites is 2. The molecule has 5 nitrogen and oxygen atoms in total. The zero-order valence-electron chi connectivity index (χ0n) is 14.9. The van der Waals surface area contributed by atoms with Crippen LogP contribution in [0.3, 0.4) is 0 Å². The highest BCUT2D eigenvalue weighted by Crippen LogP contribution is 2.28. The average Bonchev–Trinajstić information content (AvgIpc) is 2.59. The molecule has 0 aromatic heterocycles. The van der Waals surface area contributed by atoms with Crippen molar-refractivity contribution in [3.05, 3.63) is 24.3 Å². The summed E-state index contributed by atoms with van der Waals surface area (Å²) in [5.41, 5.74) is 2.06. The van der Waals surface area contributed by atoms with Gasteiger partial charge in [-0.1, -0.05) is 12.1 Å². The molecule has 1 aromatic carbocycles. The van der Waals surface area contributed by atoms with E-state index >= 15 is 0 Å². The third-order valence-corrected chi connectivity index (χ3v) is 5.39. The van der Waals surface area contributed by atoms with Crippen LogP contribution in [0.15, 0.2) is 24.3 Å². The largest absolute Gasteiger partial charge is 0.370 e.